The maximum atomic E-state index is 12.5. The molecule has 116 valence electrons. The van der Waals surface area contributed by atoms with Gasteiger partial charge in [0.15, 0.2) is 0 Å². The Morgan fingerprint density at radius 2 is 1.83 bits per heavy atom. The van der Waals surface area contributed by atoms with E-state index in [2.05, 4.69) is 17.0 Å². The van der Waals surface area contributed by atoms with E-state index >= 15 is 0 Å². The number of rotatable bonds is 3. The van der Waals surface area contributed by atoms with E-state index in [4.69, 9.17) is 0 Å². The van der Waals surface area contributed by atoms with Gasteiger partial charge in [0.25, 0.3) is 5.91 Å². The molecule has 0 N–H and O–H groups in total. The van der Waals surface area contributed by atoms with E-state index in [0.717, 1.165) is 18.0 Å². The molecule has 23 heavy (non-hydrogen) atoms. The number of amides is 1. The summed E-state index contributed by atoms with van der Waals surface area (Å²) in [5.41, 5.74) is 1.38. The maximum Gasteiger partial charge on any atom is 0.264 e. The maximum absolute atomic E-state index is 12.5. The molecule has 0 spiro atoms. The molecule has 4 nitrogen and oxygen atoms in total. The predicted molar refractivity (Wildman–Crippen MR) is 93.1 cm³/mol. The van der Waals surface area contributed by atoms with Gasteiger partial charge in [-0.3, -0.25) is 4.79 Å². The van der Waals surface area contributed by atoms with E-state index in [1.807, 2.05) is 41.8 Å². The third kappa shape index (κ3) is 3.61. The van der Waals surface area contributed by atoms with Crippen molar-refractivity contribution in [3.8, 4) is 6.07 Å². The molecule has 5 heteroatoms. The van der Waals surface area contributed by atoms with Gasteiger partial charge in [-0.2, -0.15) is 5.26 Å². The van der Waals surface area contributed by atoms with Crippen LogP contribution in [0.4, 0.5) is 5.69 Å². The predicted octanol–water partition coefficient (Wildman–Crippen LogP) is 3.00. The number of thiophene rings is 1. The van der Waals surface area contributed by atoms with Gasteiger partial charge in [0.2, 0.25) is 0 Å². The number of hydrogen-bond donors (Lipinski definition) is 0. The van der Waals surface area contributed by atoms with Crippen molar-refractivity contribution in [3.63, 3.8) is 0 Å². The fourth-order valence-electron chi connectivity index (χ4n) is 2.63. The van der Waals surface area contributed by atoms with Crippen LogP contribution < -0.4 is 4.90 Å². The van der Waals surface area contributed by atoms with Crippen molar-refractivity contribution in [2.24, 2.45) is 0 Å². The van der Waals surface area contributed by atoms with E-state index in [0.29, 0.717) is 13.1 Å². The van der Waals surface area contributed by atoms with Crippen LogP contribution in [0.25, 0.3) is 6.08 Å². The Kier molecular flexibility index (Phi) is 4.74. The second-order valence-corrected chi connectivity index (χ2v) is 6.28. The zero-order chi connectivity index (χ0) is 16.1. The van der Waals surface area contributed by atoms with Crippen molar-refractivity contribution >= 4 is 29.0 Å². The van der Waals surface area contributed by atoms with Crippen LogP contribution in [0.5, 0.6) is 0 Å². The second kappa shape index (κ2) is 7.12. The van der Waals surface area contributed by atoms with Crippen LogP contribution in [0.2, 0.25) is 0 Å². The van der Waals surface area contributed by atoms with Gasteiger partial charge < -0.3 is 9.80 Å². The van der Waals surface area contributed by atoms with E-state index < -0.39 is 0 Å². The Morgan fingerprint density at radius 3 is 2.43 bits per heavy atom. The average molecular weight is 323 g/mol. The molecule has 1 fully saturated rings. The molecular weight excluding hydrogens is 306 g/mol. The molecule has 0 radical (unpaired) electrons. The van der Waals surface area contributed by atoms with Crippen molar-refractivity contribution < 1.29 is 4.79 Å². The Balaban J connectivity index is 1.65. The van der Waals surface area contributed by atoms with Gasteiger partial charge in [-0.15, -0.1) is 11.3 Å². The standard InChI is InChI=1S/C18H17N3OS/c19-14-15(13-17-7-4-12-23-17)18(22)21-10-8-20(9-11-21)16-5-2-1-3-6-16/h1-7,12-13H,8-11H2/b15-13-. The Hall–Kier alpha value is -2.58. The fourth-order valence-corrected chi connectivity index (χ4v) is 3.29. The van der Waals surface area contributed by atoms with E-state index in [9.17, 15) is 10.1 Å². The number of carbonyl (C=O) groups is 1. The van der Waals surface area contributed by atoms with Crippen LogP contribution in [0.3, 0.4) is 0 Å². The summed E-state index contributed by atoms with van der Waals surface area (Å²) < 4.78 is 0. The van der Waals surface area contributed by atoms with Crippen LogP contribution in [0, 0.1) is 11.3 Å². The number of para-hydroxylation sites is 1. The number of hydrogen-bond acceptors (Lipinski definition) is 4. The highest BCUT2D eigenvalue weighted by Gasteiger charge is 2.23. The number of benzene rings is 1. The summed E-state index contributed by atoms with van der Waals surface area (Å²) in [4.78, 5) is 17.5. The highest BCUT2D eigenvalue weighted by molar-refractivity contribution is 7.10. The van der Waals surface area contributed by atoms with Crippen LogP contribution in [-0.2, 0) is 4.79 Å². The van der Waals surface area contributed by atoms with Crippen molar-refractivity contribution in [3.05, 3.63) is 58.3 Å². The molecule has 0 bridgehead atoms. The summed E-state index contributed by atoms with van der Waals surface area (Å²) in [6, 6.07) is 16.1. The summed E-state index contributed by atoms with van der Waals surface area (Å²) in [5, 5.41) is 11.2. The highest BCUT2D eigenvalue weighted by Crippen LogP contribution is 2.18. The lowest BCUT2D eigenvalue weighted by molar-refractivity contribution is -0.126. The molecule has 2 heterocycles. The minimum absolute atomic E-state index is 0.173. The summed E-state index contributed by atoms with van der Waals surface area (Å²) >= 11 is 1.52. The largest absolute Gasteiger partial charge is 0.368 e. The van der Waals surface area contributed by atoms with Crippen molar-refractivity contribution in [1.29, 1.82) is 5.26 Å². The van der Waals surface area contributed by atoms with Crippen molar-refractivity contribution in [1.82, 2.24) is 4.90 Å². The van der Waals surface area contributed by atoms with Crippen LogP contribution in [0.1, 0.15) is 4.88 Å². The summed E-state index contributed by atoms with van der Waals surface area (Å²) in [6.45, 7) is 2.84. The fraction of sp³-hybridized carbons (Fsp3) is 0.222. The molecule has 0 atom stereocenters. The average Bonchev–Trinajstić information content (AvgIpc) is 3.13. The second-order valence-electron chi connectivity index (χ2n) is 5.30. The Morgan fingerprint density at radius 1 is 1.09 bits per heavy atom. The van der Waals surface area contributed by atoms with E-state index in [-0.39, 0.29) is 11.5 Å². The quantitative estimate of drug-likeness (QED) is 0.644. The summed E-state index contributed by atoms with van der Waals surface area (Å²) in [6.07, 6.45) is 1.68. The molecule has 1 aliphatic heterocycles. The molecular formula is C18H17N3OS. The third-order valence-corrected chi connectivity index (χ3v) is 4.69. The Bertz CT molecular complexity index is 723. The molecule has 0 aliphatic carbocycles. The lowest BCUT2D eigenvalue weighted by Gasteiger charge is -2.36. The molecule has 1 aliphatic rings. The first-order chi connectivity index (χ1) is 11.3. The van der Waals surface area contributed by atoms with Gasteiger partial charge >= 0.3 is 0 Å². The zero-order valence-corrected chi connectivity index (χ0v) is 13.5. The molecule has 1 amide bonds. The van der Waals surface area contributed by atoms with Gasteiger partial charge in [0.05, 0.1) is 0 Å². The van der Waals surface area contributed by atoms with Crippen LogP contribution >= 0.6 is 11.3 Å². The zero-order valence-electron chi connectivity index (χ0n) is 12.7. The number of anilines is 1. The molecule has 1 saturated heterocycles. The molecule has 0 unspecified atom stereocenters. The first-order valence-corrected chi connectivity index (χ1v) is 8.40. The number of nitrogens with zero attached hydrogens (tertiary/aromatic N) is 3. The molecule has 1 aromatic carbocycles. The minimum Gasteiger partial charge on any atom is -0.368 e. The number of carbonyl (C=O) groups excluding carboxylic acids is 1. The molecule has 2 aromatic rings. The number of piperazine rings is 1. The lowest BCUT2D eigenvalue weighted by Crippen LogP contribution is -2.49. The highest BCUT2D eigenvalue weighted by atomic mass is 32.1. The third-order valence-electron chi connectivity index (χ3n) is 3.87. The topological polar surface area (TPSA) is 47.3 Å². The first-order valence-electron chi connectivity index (χ1n) is 7.52. The summed E-state index contributed by atoms with van der Waals surface area (Å²) in [7, 11) is 0. The van der Waals surface area contributed by atoms with E-state index in [1.165, 1.54) is 17.0 Å². The number of nitriles is 1. The molecule has 3 rings (SSSR count). The first kappa shape index (κ1) is 15.3. The minimum atomic E-state index is -0.173. The summed E-state index contributed by atoms with van der Waals surface area (Å²) in [5.74, 6) is -0.173. The SMILES string of the molecule is N#C/C(=C/c1cccs1)C(=O)N1CCN(c2ccccc2)CC1. The van der Waals surface area contributed by atoms with Crippen LogP contribution in [-0.4, -0.2) is 37.0 Å². The molecule has 1 aromatic heterocycles. The van der Waals surface area contributed by atoms with Crippen molar-refractivity contribution in [2.75, 3.05) is 31.1 Å². The van der Waals surface area contributed by atoms with Gasteiger partial charge in [0.1, 0.15) is 11.6 Å². The van der Waals surface area contributed by atoms with Gasteiger partial charge in [-0.25, -0.2) is 0 Å². The van der Waals surface area contributed by atoms with Crippen molar-refractivity contribution in [2.45, 2.75) is 0 Å². The van der Waals surface area contributed by atoms with Crippen LogP contribution in [0.15, 0.2) is 53.4 Å². The van der Waals surface area contributed by atoms with Gasteiger partial charge in [-0.05, 0) is 29.7 Å². The normalized spacial score (nSPS) is 15.3. The van der Waals surface area contributed by atoms with Gasteiger partial charge in [0, 0.05) is 36.7 Å². The Labute approximate surface area is 139 Å². The lowest BCUT2D eigenvalue weighted by atomic mass is 10.2. The smallest absolute Gasteiger partial charge is 0.264 e. The van der Waals surface area contributed by atoms with E-state index in [1.54, 1.807) is 11.0 Å². The monoisotopic (exact) mass is 323 g/mol. The van der Waals surface area contributed by atoms with Gasteiger partial charge in [-0.1, -0.05) is 24.3 Å². The molecule has 0 saturated carbocycles.